The summed E-state index contributed by atoms with van der Waals surface area (Å²) in [5, 5.41) is 0.901. The van der Waals surface area contributed by atoms with Crippen molar-refractivity contribution < 1.29 is 4.79 Å². The van der Waals surface area contributed by atoms with Crippen LogP contribution in [0.15, 0.2) is 48.9 Å². The highest BCUT2D eigenvalue weighted by Gasteiger charge is 2.13. The Balaban J connectivity index is 1.92. The Labute approximate surface area is 123 Å². The lowest BCUT2D eigenvalue weighted by atomic mass is 10.0. The first-order valence-corrected chi connectivity index (χ1v) is 7.16. The first-order valence-electron chi connectivity index (χ1n) is 7.16. The molecule has 0 saturated heterocycles. The van der Waals surface area contributed by atoms with E-state index in [0.717, 1.165) is 29.7 Å². The average molecular weight is 279 g/mol. The summed E-state index contributed by atoms with van der Waals surface area (Å²) in [6, 6.07) is 9.45. The molecular formula is C17H17N3O. The lowest BCUT2D eigenvalue weighted by molar-refractivity contribution is 0.0991. The smallest absolute Gasteiger partial charge is 0.171 e. The monoisotopic (exact) mass is 279 g/mol. The minimum atomic E-state index is 0.0807. The van der Waals surface area contributed by atoms with Gasteiger partial charge in [0.05, 0.1) is 11.9 Å². The van der Waals surface area contributed by atoms with Crippen LogP contribution in [0.1, 0.15) is 29.5 Å². The van der Waals surface area contributed by atoms with Crippen molar-refractivity contribution in [3.05, 3.63) is 60.3 Å². The minimum absolute atomic E-state index is 0.0807. The maximum Gasteiger partial charge on any atom is 0.171 e. The molecule has 3 rings (SSSR count). The van der Waals surface area contributed by atoms with Crippen molar-refractivity contribution in [1.29, 1.82) is 0 Å². The first kappa shape index (κ1) is 13.5. The normalized spacial score (nSPS) is 10.9. The van der Waals surface area contributed by atoms with Crippen molar-refractivity contribution in [1.82, 2.24) is 14.5 Å². The lowest BCUT2D eigenvalue weighted by Gasteiger charge is -2.07. The fourth-order valence-corrected chi connectivity index (χ4v) is 2.54. The number of pyridine rings is 1. The summed E-state index contributed by atoms with van der Waals surface area (Å²) in [7, 11) is 0. The highest BCUT2D eigenvalue weighted by Crippen LogP contribution is 2.18. The molecule has 0 fully saturated rings. The van der Waals surface area contributed by atoms with Crippen LogP contribution in [-0.4, -0.2) is 20.3 Å². The lowest BCUT2D eigenvalue weighted by Crippen LogP contribution is -2.10. The van der Waals surface area contributed by atoms with Crippen molar-refractivity contribution in [3.63, 3.8) is 0 Å². The largest absolute Gasteiger partial charge is 0.335 e. The maximum absolute atomic E-state index is 12.6. The molecule has 0 N–H and O–H groups in total. The van der Waals surface area contributed by atoms with Gasteiger partial charge in [0.15, 0.2) is 5.78 Å². The van der Waals surface area contributed by atoms with Crippen LogP contribution in [0, 0.1) is 0 Å². The fourth-order valence-electron chi connectivity index (χ4n) is 2.54. The predicted molar refractivity (Wildman–Crippen MR) is 82.3 cm³/mol. The van der Waals surface area contributed by atoms with Gasteiger partial charge in [0.1, 0.15) is 5.82 Å². The molecule has 2 heterocycles. The summed E-state index contributed by atoms with van der Waals surface area (Å²) in [6.07, 6.45) is 6.76. The Bertz CT molecular complexity index is 771. The molecule has 1 aromatic carbocycles. The number of benzene rings is 1. The van der Waals surface area contributed by atoms with Gasteiger partial charge in [-0.1, -0.05) is 25.1 Å². The molecule has 0 bridgehead atoms. The summed E-state index contributed by atoms with van der Waals surface area (Å²) in [6.45, 7) is 3.00. The van der Waals surface area contributed by atoms with Gasteiger partial charge >= 0.3 is 0 Å². The van der Waals surface area contributed by atoms with E-state index in [2.05, 4.69) is 16.9 Å². The van der Waals surface area contributed by atoms with Gasteiger partial charge < -0.3 is 4.57 Å². The van der Waals surface area contributed by atoms with Crippen LogP contribution in [0.5, 0.6) is 0 Å². The zero-order chi connectivity index (χ0) is 14.7. The van der Waals surface area contributed by atoms with Gasteiger partial charge in [0, 0.05) is 36.1 Å². The fraction of sp³-hybridized carbons (Fsp3) is 0.235. The van der Waals surface area contributed by atoms with Crippen LogP contribution in [0.3, 0.4) is 0 Å². The molecule has 0 atom stereocenters. The molecule has 106 valence electrons. The number of aromatic nitrogens is 3. The molecule has 21 heavy (non-hydrogen) atoms. The van der Waals surface area contributed by atoms with E-state index in [1.165, 1.54) is 0 Å². The van der Waals surface area contributed by atoms with Crippen LogP contribution in [0.4, 0.5) is 0 Å². The van der Waals surface area contributed by atoms with Gasteiger partial charge in [-0.05, 0) is 18.6 Å². The second kappa shape index (κ2) is 5.87. The summed E-state index contributed by atoms with van der Waals surface area (Å²) < 4.78 is 2.04. The van der Waals surface area contributed by atoms with E-state index in [4.69, 9.17) is 0 Å². The second-order valence-corrected chi connectivity index (χ2v) is 5.01. The Morgan fingerprint density at radius 3 is 2.90 bits per heavy atom. The van der Waals surface area contributed by atoms with E-state index in [9.17, 15) is 4.79 Å². The molecule has 0 radical (unpaired) electrons. The number of ketones is 1. The predicted octanol–water partition coefficient (Wildman–Crippen LogP) is 3.27. The molecule has 0 unspecified atom stereocenters. The maximum atomic E-state index is 12.6. The molecule has 2 aromatic heterocycles. The number of hydrogen-bond acceptors (Lipinski definition) is 3. The third kappa shape index (κ3) is 2.70. The molecule has 0 aliphatic heterocycles. The molecule has 0 saturated carbocycles. The third-order valence-corrected chi connectivity index (χ3v) is 3.53. The standard InChI is InChI=1S/C17H17N3O/c1-2-10-20-11-9-19-17(20)12-16(21)14-5-3-7-15-13(14)6-4-8-18-15/h3-9,11H,2,10,12H2,1H3. The van der Waals surface area contributed by atoms with Crippen molar-refractivity contribution in [2.45, 2.75) is 26.3 Å². The van der Waals surface area contributed by atoms with Gasteiger partial charge in [-0.3, -0.25) is 9.78 Å². The quantitative estimate of drug-likeness (QED) is 0.673. The van der Waals surface area contributed by atoms with Crippen molar-refractivity contribution in [2.24, 2.45) is 0 Å². The van der Waals surface area contributed by atoms with Gasteiger partial charge in [0.25, 0.3) is 0 Å². The van der Waals surface area contributed by atoms with E-state index in [0.29, 0.717) is 12.0 Å². The molecule has 0 aliphatic carbocycles. The number of carbonyl (C=O) groups is 1. The van der Waals surface area contributed by atoms with Gasteiger partial charge in [0.2, 0.25) is 0 Å². The minimum Gasteiger partial charge on any atom is -0.335 e. The molecular weight excluding hydrogens is 262 g/mol. The van der Waals surface area contributed by atoms with Crippen LogP contribution in [0.2, 0.25) is 0 Å². The van der Waals surface area contributed by atoms with E-state index in [1.807, 2.05) is 41.1 Å². The Morgan fingerprint density at radius 1 is 1.14 bits per heavy atom. The highest BCUT2D eigenvalue weighted by molar-refractivity contribution is 6.07. The highest BCUT2D eigenvalue weighted by atomic mass is 16.1. The van der Waals surface area contributed by atoms with Crippen LogP contribution in [0.25, 0.3) is 10.9 Å². The zero-order valence-electron chi connectivity index (χ0n) is 12.0. The first-order chi connectivity index (χ1) is 10.3. The molecule has 0 aliphatic rings. The van der Waals surface area contributed by atoms with Gasteiger partial charge in [-0.2, -0.15) is 0 Å². The topological polar surface area (TPSA) is 47.8 Å². The molecule has 3 aromatic rings. The third-order valence-electron chi connectivity index (χ3n) is 3.53. The molecule has 0 spiro atoms. The molecule has 0 amide bonds. The summed E-state index contributed by atoms with van der Waals surface area (Å²) in [5.74, 6) is 0.903. The Morgan fingerprint density at radius 2 is 2.05 bits per heavy atom. The number of hydrogen-bond donors (Lipinski definition) is 0. The number of imidazole rings is 1. The number of carbonyl (C=O) groups excluding carboxylic acids is 1. The van der Waals surface area contributed by atoms with Crippen LogP contribution < -0.4 is 0 Å². The van der Waals surface area contributed by atoms with E-state index in [1.54, 1.807) is 12.4 Å². The Hall–Kier alpha value is -2.49. The van der Waals surface area contributed by atoms with Crippen molar-refractivity contribution in [2.75, 3.05) is 0 Å². The van der Waals surface area contributed by atoms with E-state index < -0.39 is 0 Å². The Kier molecular flexibility index (Phi) is 3.77. The SMILES string of the molecule is CCCn1ccnc1CC(=O)c1cccc2ncccc12. The second-order valence-electron chi connectivity index (χ2n) is 5.01. The number of fused-ring (bicyclic) bond motifs is 1. The van der Waals surface area contributed by atoms with Crippen molar-refractivity contribution in [3.8, 4) is 0 Å². The number of nitrogens with zero attached hydrogens (tertiary/aromatic N) is 3. The number of Topliss-reactive ketones (excluding diaryl/α,β-unsaturated/α-hetero) is 1. The number of rotatable bonds is 5. The van der Waals surface area contributed by atoms with E-state index >= 15 is 0 Å². The van der Waals surface area contributed by atoms with Crippen LogP contribution in [-0.2, 0) is 13.0 Å². The molecule has 4 nitrogen and oxygen atoms in total. The number of aryl methyl sites for hydroxylation is 1. The summed E-state index contributed by atoms with van der Waals surface area (Å²) >= 11 is 0. The molecule has 4 heteroatoms. The van der Waals surface area contributed by atoms with Gasteiger partial charge in [-0.15, -0.1) is 0 Å². The van der Waals surface area contributed by atoms with E-state index in [-0.39, 0.29) is 5.78 Å². The van der Waals surface area contributed by atoms with Crippen molar-refractivity contribution >= 4 is 16.7 Å². The summed E-state index contributed by atoms with van der Waals surface area (Å²) in [4.78, 5) is 21.2. The van der Waals surface area contributed by atoms with Crippen LogP contribution >= 0.6 is 0 Å². The van der Waals surface area contributed by atoms with Gasteiger partial charge in [-0.25, -0.2) is 4.98 Å². The average Bonchev–Trinajstić information content (AvgIpc) is 2.94. The summed E-state index contributed by atoms with van der Waals surface area (Å²) in [5.41, 5.74) is 1.56. The zero-order valence-corrected chi connectivity index (χ0v) is 12.0.